The maximum absolute atomic E-state index is 14.5. The van der Waals surface area contributed by atoms with E-state index in [0.717, 1.165) is 34.2 Å². The second-order valence-corrected chi connectivity index (χ2v) is 8.21. The Morgan fingerprint density at radius 3 is 2.70 bits per heavy atom. The van der Waals surface area contributed by atoms with Crippen LogP contribution in [0.15, 0.2) is 48.8 Å². The molecule has 2 aromatic heterocycles. The zero-order valence-corrected chi connectivity index (χ0v) is 19.0. The van der Waals surface area contributed by atoms with Gasteiger partial charge in [0.05, 0.1) is 16.8 Å². The van der Waals surface area contributed by atoms with Gasteiger partial charge in [-0.1, -0.05) is 25.5 Å². The van der Waals surface area contributed by atoms with E-state index in [9.17, 15) is 14.3 Å². The molecule has 0 saturated heterocycles. The molecule has 2 aromatic carbocycles. The van der Waals surface area contributed by atoms with Crippen LogP contribution in [-0.4, -0.2) is 32.2 Å². The summed E-state index contributed by atoms with van der Waals surface area (Å²) in [5.74, 6) is -0.486. The van der Waals surface area contributed by atoms with Gasteiger partial charge in [-0.15, -0.1) is 0 Å². The number of aryl methyl sites for hydroxylation is 3. The topological polar surface area (TPSA) is 80.0 Å². The summed E-state index contributed by atoms with van der Waals surface area (Å²) in [4.78, 5) is 20.2. The first-order valence-electron chi connectivity index (χ1n) is 11.1. The van der Waals surface area contributed by atoms with Crippen molar-refractivity contribution in [3.05, 3.63) is 77.0 Å². The lowest BCUT2D eigenvalue weighted by Crippen LogP contribution is -2.13. The number of nitrogens with one attached hydrogen (secondary N) is 1. The third kappa shape index (κ3) is 4.58. The Morgan fingerprint density at radius 1 is 1.12 bits per heavy atom. The number of aromatic nitrogens is 3. The summed E-state index contributed by atoms with van der Waals surface area (Å²) in [6, 6.07) is 12.5. The quantitative estimate of drug-likeness (QED) is 0.367. The van der Waals surface area contributed by atoms with Crippen molar-refractivity contribution in [1.82, 2.24) is 14.5 Å². The van der Waals surface area contributed by atoms with Crippen LogP contribution < -0.4 is 5.32 Å². The number of carboxylic acid groups (broad SMARTS) is 1. The average molecular weight is 447 g/mol. The average Bonchev–Trinajstić information content (AvgIpc) is 3.14. The van der Waals surface area contributed by atoms with Gasteiger partial charge in [-0.2, -0.15) is 0 Å². The van der Waals surface area contributed by atoms with Gasteiger partial charge in [0.15, 0.2) is 0 Å². The summed E-state index contributed by atoms with van der Waals surface area (Å²) >= 11 is 0. The molecule has 2 N–H and O–H groups in total. The number of hydrogen-bond donors (Lipinski definition) is 2. The molecule has 170 valence electrons. The van der Waals surface area contributed by atoms with Gasteiger partial charge in [-0.05, 0) is 55.7 Å². The monoisotopic (exact) mass is 446 g/mol. The van der Waals surface area contributed by atoms with Gasteiger partial charge in [-0.3, -0.25) is 0 Å². The number of aromatic carboxylic acids is 1. The van der Waals surface area contributed by atoms with E-state index in [2.05, 4.69) is 15.3 Å². The summed E-state index contributed by atoms with van der Waals surface area (Å²) in [5, 5.41) is 13.7. The molecule has 0 bridgehead atoms. The van der Waals surface area contributed by atoms with Crippen LogP contribution >= 0.6 is 0 Å². The Hall–Kier alpha value is -3.74. The molecule has 0 fully saturated rings. The number of hydrogen-bond acceptors (Lipinski definition) is 4. The maximum atomic E-state index is 14.5. The molecular weight excluding hydrogens is 419 g/mol. The molecule has 4 aromatic rings. The van der Waals surface area contributed by atoms with Crippen molar-refractivity contribution in [2.45, 2.75) is 40.2 Å². The minimum atomic E-state index is -0.922. The molecule has 0 atom stereocenters. The molecular formula is C26H27FN4O2. The molecule has 0 unspecified atom stereocenters. The highest BCUT2D eigenvalue weighted by atomic mass is 19.1. The molecule has 0 aliphatic rings. The maximum Gasteiger partial charge on any atom is 0.335 e. The van der Waals surface area contributed by atoms with Crippen molar-refractivity contribution in [2.75, 3.05) is 11.9 Å². The standard InChI is InChI=1S/C26H27FN4O2/c1-4-5-18-13-19(7-8-20(18)26(32)33)23-14-24(30-15-29-23)28-10-11-31-17(3)12-21-16(2)6-9-22(27)25(21)31/h6-9,12-15H,4-5,10-11H2,1-3H3,(H,32,33)(H,28,29,30). The van der Waals surface area contributed by atoms with Crippen molar-refractivity contribution < 1.29 is 14.3 Å². The van der Waals surface area contributed by atoms with E-state index in [1.165, 1.54) is 12.4 Å². The van der Waals surface area contributed by atoms with Crippen molar-refractivity contribution in [2.24, 2.45) is 0 Å². The molecule has 2 heterocycles. The SMILES string of the molecule is CCCc1cc(-c2cc(NCCn3c(C)cc4c(C)ccc(F)c43)ncn2)ccc1C(=O)O. The van der Waals surface area contributed by atoms with Gasteiger partial charge in [0.2, 0.25) is 0 Å². The number of fused-ring (bicyclic) bond motifs is 1. The highest BCUT2D eigenvalue weighted by Gasteiger charge is 2.13. The van der Waals surface area contributed by atoms with E-state index in [0.29, 0.717) is 42.1 Å². The van der Waals surface area contributed by atoms with E-state index in [1.54, 1.807) is 18.2 Å². The Bertz CT molecular complexity index is 1330. The summed E-state index contributed by atoms with van der Waals surface area (Å²) in [5.41, 5.74) is 5.36. The number of nitrogens with zero attached hydrogens (tertiary/aromatic N) is 3. The van der Waals surface area contributed by atoms with Crippen molar-refractivity contribution >= 4 is 22.7 Å². The highest BCUT2D eigenvalue weighted by Crippen LogP contribution is 2.26. The number of carboxylic acids is 1. The van der Waals surface area contributed by atoms with E-state index < -0.39 is 5.97 Å². The van der Waals surface area contributed by atoms with E-state index in [-0.39, 0.29) is 5.82 Å². The van der Waals surface area contributed by atoms with Gasteiger partial charge in [0.25, 0.3) is 0 Å². The predicted octanol–water partition coefficient (Wildman–Crippen LogP) is 5.62. The fraction of sp³-hybridized carbons (Fsp3) is 0.269. The number of benzene rings is 2. The fourth-order valence-corrected chi connectivity index (χ4v) is 4.24. The van der Waals surface area contributed by atoms with Crippen LogP contribution in [0.1, 0.15) is 40.5 Å². The molecule has 6 nitrogen and oxygen atoms in total. The van der Waals surface area contributed by atoms with Crippen molar-refractivity contribution in [3.8, 4) is 11.3 Å². The molecule has 0 aliphatic heterocycles. The first-order chi connectivity index (χ1) is 15.9. The van der Waals surface area contributed by atoms with Gasteiger partial charge < -0.3 is 15.0 Å². The highest BCUT2D eigenvalue weighted by molar-refractivity contribution is 5.90. The summed E-state index contributed by atoms with van der Waals surface area (Å²) in [6.07, 6.45) is 3.03. The number of rotatable bonds is 8. The first-order valence-corrected chi connectivity index (χ1v) is 11.1. The largest absolute Gasteiger partial charge is 0.478 e. The third-order valence-corrected chi connectivity index (χ3v) is 5.89. The van der Waals surface area contributed by atoms with Crippen LogP contribution in [0.25, 0.3) is 22.2 Å². The second-order valence-electron chi connectivity index (χ2n) is 8.21. The molecule has 7 heteroatoms. The number of halogens is 1. The lowest BCUT2D eigenvalue weighted by Gasteiger charge is -2.12. The lowest BCUT2D eigenvalue weighted by atomic mass is 9.99. The normalized spacial score (nSPS) is 11.2. The summed E-state index contributed by atoms with van der Waals surface area (Å²) in [6.45, 7) is 7.14. The van der Waals surface area contributed by atoms with Gasteiger partial charge in [0, 0.05) is 35.8 Å². The first kappa shape index (κ1) is 22.5. The summed E-state index contributed by atoms with van der Waals surface area (Å²) < 4.78 is 16.5. The minimum absolute atomic E-state index is 0.222. The van der Waals surface area contributed by atoms with E-state index in [4.69, 9.17) is 0 Å². The third-order valence-electron chi connectivity index (χ3n) is 5.89. The Balaban J connectivity index is 1.53. The van der Waals surface area contributed by atoms with E-state index >= 15 is 0 Å². The van der Waals surface area contributed by atoms with Gasteiger partial charge in [0.1, 0.15) is 18.0 Å². The molecule has 0 radical (unpaired) electrons. The Morgan fingerprint density at radius 2 is 1.94 bits per heavy atom. The molecule has 0 amide bonds. The minimum Gasteiger partial charge on any atom is -0.478 e. The van der Waals surface area contributed by atoms with Gasteiger partial charge >= 0.3 is 5.97 Å². The van der Waals surface area contributed by atoms with Crippen molar-refractivity contribution in [3.63, 3.8) is 0 Å². The van der Waals surface area contributed by atoms with Crippen LogP contribution in [0.5, 0.6) is 0 Å². The molecule has 4 rings (SSSR count). The molecule has 0 aliphatic carbocycles. The molecule has 0 saturated carbocycles. The van der Waals surface area contributed by atoms with Crippen molar-refractivity contribution in [1.29, 1.82) is 0 Å². The number of anilines is 1. The second kappa shape index (κ2) is 9.40. The molecule has 33 heavy (non-hydrogen) atoms. The van der Waals surface area contributed by atoms with Gasteiger partial charge in [-0.25, -0.2) is 19.2 Å². The Kier molecular flexibility index (Phi) is 6.40. The molecule has 0 spiro atoms. The smallest absolute Gasteiger partial charge is 0.335 e. The zero-order valence-electron chi connectivity index (χ0n) is 19.0. The summed E-state index contributed by atoms with van der Waals surface area (Å²) in [7, 11) is 0. The van der Waals surface area contributed by atoms with Crippen LogP contribution in [0.2, 0.25) is 0 Å². The van der Waals surface area contributed by atoms with Crippen LogP contribution in [-0.2, 0) is 13.0 Å². The zero-order chi connectivity index (χ0) is 23.5. The van der Waals surface area contributed by atoms with Crippen LogP contribution in [0.4, 0.5) is 10.2 Å². The number of carbonyl (C=O) groups is 1. The fourth-order valence-electron chi connectivity index (χ4n) is 4.24. The van der Waals surface area contributed by atoms with Crippen LogP contribution in [0, 0.1) is 19.7 Å². The predicted molar refractivity (Wildman–Crippen MR) is 128 cm³/mol. The van der Waals surface area contributed by atoms with Crippen LogP contribution in [0.3, 0.4) is 0 Å². The Labute approximate surface area is 192 Å². The van der Waals surface area contributed by atoms with E-state index in [1.807, 2.05) is 43.5 Å². The lowest BCUT2D eigenvalue weighted by molar-refractivity contribution is 0.0695.